The van der Waals surface area contributed by atoms with E-state index in [9.17, 15) is 0 Å². The second-order valence-electron chi connectivity index (χ2n) is 6.34. The Labute approximate surface area is 174 Å². The molecule has 1 saturated carbocycles. The van der Waals surface area contributed by atoms with Gasteiger partial charge in [-0.1, -0.05) is 47.3 Å². The van der Waals surface area contributed by atoms with E-state index in [1.807, 2.05) is 36.4 Å². The molecule has 1 radical (unpaired) electrons. The van der Waals surface area contributed by atoms with Crippen molar-refractivity contribution in [3.63, 3.8) is 0 Å². The van der Waals surface area contributed by atoms with Crippen molar-refractivity contribution in [3.8, 4) is 11.4 Å². The quantitative estimate of drug-likeness (QED) is 0.437. The Morgan fingerprint density at radius 1 is 0.769 bits per heavy atom. The second-order valence-corrected chi connectivity index (χ2v) is 6.34. The molecule has 2 N–H and O–H groups in total. The first-order valence-corrected chi connectivity index (χ1v) is 8.62. The van der Waals surface area contributed by atoms with Gasteiger partial charge in [0.25, 0.3) is 0 Å². The average Bonchev–Trinajstić information content (AvgIpc) is 2.85. The van der Waals surface area contributed by atoms with Gasteiger partial charge in [-0.15, -0.1) is 0 Å². The second kappa shape index (κ2) is 16.1. The first kappa shape index (κ1) is 29.7. The minimum Gasteiger partial charge on any atom is -0.412 e. The van der Waals surface area contributed by atoms with Gasteiger partial charge in [-0.05, 0) is 54.4 Å². The van der Waals surface area contributed by atoms with Crippen LogP contribution in [0.15, 0.2) is 48.8 Å². The van der Waals surface area contributed by atoms with Crippen LogP contribution < -0.4 is 0 Å². The number of hydrogen-bond acceptors (Lipinski definition) is 2. The van der Waals surface area contributed by atoms with Crippen LogP contribution in [0.5, 0.6) is 0 Å². The summed E-state index contributed by atoms with van der Waals surface area (Å²) in [5, 5.41) is 0. The fraction of sp³-hybridized carbons (Fsp3) is 0.500. The summed E-state index contributed by atoms with van der Waals surface area (Å²) < 4.78 is 0. The van der Waals surface area contributed by atoms with Gasteiger partial charge in [-0.3, -0.25) is 9.97 Å². The standard InChI is InChI=1S/C10H8N2.C9H18.C2H5.CH4.Ir.H2O/c1-3-7-11-9(5-1)10-6-2-4-8-12-10;1-6-5-7(2)9(4)8(6)3;1-2;;;/h1-8H;6-9H,5H2,1-4H3;1H2,2H3;1H4;;1H2/q;;-1;;;. The van der Waals surface area contributed by atoms with Gasteiger partial charge in [0, 0.05) is 32.5 Å². The van der Waals surface area contributed by atoms with Crippen molar-refractivity contribution in [2.24, 2.45) is 23.7 Å². The van der Waals surface area contributed by atoms with E-state index in [2.05, 4.69) is 44.6 Å². The van der Waals surface area contributed by atoms with Gasteiger partial charge in [0.05, 0.1) is 11.4 Å². The van der Waals surface area contributed by atoms with Gasteiger partial charge in [-0.25, -0.2) is 0 Å². The predicted molar refractivity (Wildman–Crippen MR) is 110 cm³/mol. The first-order chi connectivity index (χ1) is 11.1. The molecule has 2 aromatic heterocycles. The molecule has 151 valence electrons. The number of pyridine rings is 2. The molecule has 2 aromatic rings. The smallest absolute Gasteiger partial charge is 0.0886 e. The Morgan fingerprint density at radius 3 is 1.31 bits per heavy atom. The van der Waals surface area contributed by atoms with E-state index in [0.717, 1.165) is 35.1 Å². The largest absolute Gasteiger partial charge is 0.412 e. The predicted octanol–water partition coefficient (Wildman–Crippen LogP) is 5.73. The van der Waals surface area contributed by atoms with Crippen LogP contribution in [0.4, 0.5) is 0 Å². The van der Waals surface area contributed by atoms with Crippen LogP contribution in [0.2, 0.25) is 0 Å². The van der Waals surface area contributed by atoms with Gasteiger partial charge in [0.15, 0.2) is 0 Å². The molecule has 0 bridgehead atoms. The summed E-state index contributed by atoms with van der Waals surface area (Å²) in [6.07, 6.45) is 4.98. The number of rotatable bonds is 1. The zero-order chi connectivity index (χ0) is 17.2. The summed E-state index contributed by atoms with van der Waals surface area (Å²) in [5.74, 6) is 3.85. The van der Waals surface area contributed by atoms with Crippen LogP contribution in [0.1, 0.15) is 48.5 Å². The molecule has 2 heterocycles. The van der Waals surface area contributed by atoms with Crippen molar-refractivity contribution in [2.75, 3.05) is 0 Å². The first-order valence-electron chi connectivity index (χ1n) is 8.62. The Hall–Kier alpha value is -1.09. The molecular formula is C22H37IrN2O-. The van der Waals surface area contributed by atoms with Crippen LogP contribution in [0, 0.1) is 30.6 Å². The zero-order valence-corrected chi connectivity index (χ0v) is 18.5. The van der Waals surface area contributed by atoms with Crippen molar-refractivity contribution < 1.29 is 25.6 Å². The maximum Gasteiger partial charge on any atom is 0.0886 e. The summed E-state index contributed by atoms with van der Waals surface area (Å²) in [5.41, 5.74) is 1.83. The van der Waals surface area contributed by atoms with Crippen molar-refractivity contribution >= 4 is 0 Å². The topological polar surface area (TPSA) is 57.3 Å². The van der Waals surface area contributed by atoms with Crippen molar-refractivity contribution in [2.45, 2.75) is 48.5 Å². The number of hydrogen-bond donors (Lipinski definition) is 0. The third-order valence-corrected chi connectivity index (χ3v) is 4.96. The van der Waals surface area contributed by atoms with E-state index in [4.69, 9.17) is 0 Å². The molecule has 1 aliphatic rings. The summed E-state index contributed by atoms with van der Waals surface area (Å²) in [6, 6.07) is 11.6. The summed E-state index contributed by atoms with van der Waals surface area (Å²) in [4.78, 5) is 8.37. The number of nitrogens with zero attached hydrogens (tertiary/aromatic N) is 2. The third-order valence-electron chi connectivity index (χ3n) is 4.96. The van der Waals surface area contributed by atoms with E-state index in [1.165, 1.54) is 6.42 Å². The number of aromatic nitrogens is 2. The molecule has 4 unspecified atom stereocenters. The summed E-state index contributed by atoms with van der Waals surface area (Å²) in [7, 11) is 0. The fourth-order valence-corrected chi connectivity index (χ4v) is 3.08. The Bertz CT molecular complexity index is 487. The molecule has 0 spiro atoms. The third kappa shape index (κ3) is 9.02. The van der Waals surface area contributed by atoms with Crippen LogP contribution in [-0.2, 0) is 20.1 Å². The molecule has 0 amide bonds. The van der Waals surface area contributed by atoms with Crippen LogP contribution >= 0.6 is 0 Å². The molecule has 1 aliphatic carbocycles. The van der Waals surface area contributed by atoms with E-state index in [1.54, 1.807) is 19.3 Å². The molecule has 0 aromatic carbocycles. The molecule has 4 atom stereocenters. The van der Waals surface area contributed by atoms with Crippen molar-refractivity contribution in [3.05, 3.63) is 55.7 Å². The van der Waals surface area contributed by atoms with Gasteiger partial charge in [0.1, 0.15) is 0 Å². The van der Waals surface area contributed by atoms with Crippen LogP contribution in [0.25, 0.3) is 11.4 Å². The average molecular weight is 538 g/mol. The Kier molecular flexibility index (Phi) is 18.4. The molecule has 4 heteroatoms. The fourth-order valence-electron chi connectivity index (χ4n) is 3.08. The molecule has 1 fully saturated rings. The van der Waals surface area contributed by atoms with Crippen molar-refractivity contribution in [1.82, 2.24) is 9.97 Å². The van der Waals surface area contributed by atoms with E-state index in [0.29, 0.717) is 0 Å². The molecule has 0 aliphatic heterocycles. The van der Waals surface area contributed by atoms with Gasteiger partial charge in [-0.2, -0.15) is 6.92 Å². The van der Waals surface area contributed by atoms with Gasteiger partial charge in [0.2, 0.25) is 0 Å². The minimum absolute atomic E-state index is 0. The summed E-state index contributed by atoms with van der Waals surface area (Å²) >= 11 is 0. The maximum atomic E-state index is 4.19. The minimum atomic E-state index is 0. The SMILES string of the molecule is C.CC1CC(C)C(C)C1C.O.[CH2-]C.[Ir].c1ccc(-c2ccccn2)nc1. The van der Waals surface area contributed by atoms with E-state index < -0.39 is 0 Å². The molecule has 0 saturated heterocycles. The molecule has 26 heavy (non-hydrogen) atoms. The van der Waals surface area contributed by atoms with Crippen molar-refractivity contribution in [1.29, 1.82) is 0 Å². The maximum absolute atomic E-state index is 4.19. The van der Waals surface area contributed by atoms with Crippen LogP contribution in [0.3, 0.4) is 0 Å². The molecule has 3 rings (SSSR count). The van der Waals surface area contributed by atoms with E-state index in [-0.39, 0.29) is 33.0 Å². The van der Waals surface area contributed by atoms with Gasteiger partial charge < -0.3 is 12.4 Å². The normalized spacial score (nSPS) is 22.7. The van der Waals surface area contributed by atoms with E-state index >= 15 is 0 Å². The summed E-state index contributed by atoms with van der Waals surface area (Å²) in [6.45, 7) is 14.5. The van der Waals surface area contributed by atoms with Crippen LogP contribution in [-0.4, -0.2) is 15.4 Å². The Balaban J connectivity index is -0.000000345. The molecular weight excluding hydrogens is 500 g/mol. The Morgan fingerprint density at radius 2 is 1.12 bits per heavy atom. The molecule has 3 nitrogen and oxygen atoms in total. The monoisotopic (exact) mass is 538 g/mol. The zero-order valence-electron chi connectivity index (χ0n) is 16.1. The van der Waals surface area contributed by atoms with Gasteiger partial charge >= 0.3 is 0 Å².